The van der Waals surface area contributed by atoms with Crippen molar-refractivity contribution in [3.63, 3.8) is 0 Å². The first-order chi connectivity index (χ1) is 11.0. The van der Waals surface area contributed by atoms with Crippen molar-refractivity contribution < 1.29 is 0 Å². The Morgan fingerprint density at radius 2 is 2.04 bits per heavy atom. The standard InChI is InChI=1S/C18H24N4S/c1-14(19)23-11-8-18(2,20)16-4-3-5-17(12-16)22-13-15-6-9-21-10-7-15/h3-7,9-10,12,22H,1,8,11,13,19-20H2,2H3. The molecule has 1 aromatic carbocycles. The molecule has 0 fully saturated rings. The minimum atomic E-state index is -0.392. The van der Waals surface area contributed by atoms with Crippen molar-refractivity contribution in [2.75, 3.05) is 11.1 Å². The fourth-order valence-corrected chi connectivity index (χ4v) is 3.02. The molecule has 0 aliphatic carbocycles. The average Bonchev–Trinajstić information content (AvgIpc) is 2.54. The second-order valence-electron chi connectivity index (χ2n) is 5.77. The van der Waals surface area contributed by atoms with Crippen LogP contribution in [0.5, 0.6) is 0 Å². The molecule has 0 amide bonds. The Morgan fingerprint density at radius 1 is 1.30 bits per heavy atom. The van der Waals surface area contributed by atoms with Crippen molar-refractivity contribution in [1.82, 2.24) is 4.98 Å². The summed E-state index contributed by atoms with van der Waals surface area (Å²) in [6, 6.07) is 12.3. The van der Waals surface area contributed by atoms with Crippen molar-refractivity contribution in [1.29, 1.82) is 0 Å². The van der Waals surface area contributed by atoms with Crippen LogP contribution in [0.2, 0.25) is 0 Å². The van der Waals surface area contributed by atoms with E-state index < -0.39 is 5.54 Å². The first-order valence-electron chi connectivity index (χ1n) is 7.57. The van der Waals surface area contributed by atoms with Crippen molar-refractivity contribution in [2.24, 2.45) is 11.5 Å². The second kappa shape index (κ2) is 8.04. The van der Waals surface area contributed by atoms with E-state index in [2.05, 4.69) is 42.0 Å². The molecular formula is C18H24N4S. The number of pyridine rings is 1. The van der Waals surface area contributed by atoms with E-state index in [1.165, 1.54) is 5.56 Å². The number of nitrogens with one attached hydrogen (secondary N) is 1. The monoisotopic (exact) mass is 328 g/mol. The highest BCUT2D eigenvalue weighted by molar-refractivity contribution is 8.02. The van der Waals surface area contributed by atoms with Gasteiger partial charge in [0, 0.05) is 35.9 Å². The van der Waals surface area contributed by atoms with Crippen LogP contribution in [0.1, 0.15) is 24.5 Å². The molecule has 2 aromatic rings. The van der Waals surface area contributed by atoms with Gasteiger partial charge in [0.25, 0.3) is 0 Å². The molecule has 0 radical (unpaired) electrons. The maximum absolute atomic E-state index is 6.48. The predicted octanol–water partition coefficient (Wildman–Crippen LogP) is 3.42. The fraction of sp³-hybridized carbons (Fsp3) is 0.278. The minimum Gasteiger partial charge on any atom is -0.394 e. The summed E-state index contributed by atoms with van der Waals surface area (Å²) in [4.78, 5) is 4.03. The molecule has 5 heteroatoms. The zero-order chi connectivity index (χ0) is 16.7. The zero-order valence-electron chi connectivity index (χ0n) is 13.5. The van der Waals surface area contributed by atoms with E-state index in [1.807, 2.05) is 18.2 Å². The van der Waals surface area contributed by atoms with Crippen LogP contribution in [0, 0.1) is 0 Å². The first kappa shape index (κ1) is 17.4. The molecule has 4 nitrogen and oxygen atoms in total. The van der Waals surface area contributed by atoms with Gasteiger partial charge in [-0.15, -0.1) is 11.8 Å². The highest BCUT2D eigenvalue weighted by Gasteiger charge is 2.21. The van der Waals surface area contributed by atoms with Gasteiger partial charge < -0.3 is 16.8 Å². The Morgan fingerprint density at radius 3 is 2.74 bits per heavy atom. The van der Waals surface area contributed by atoms with Gasteiger partial charge in [0.05, 0.1) is 5.03 Å². The van der Waals surface area contributed by atoms with Crippen molar-refractivity contribution >= 4 is 17.4 Å². The first-order valence-corrected chi connectivity index (χ1v) is 8.55. The molecule has 0 aliphatic heterocycles. The third kappa shape index (κ3) is 5.62. The Bertz CT molecular complexity index is 640. The van der Waals surface area contributed by atoms with Gasteiger partial charge in [0.1, 0.15) is 0 Å². The van der Waals surface area contributed by atoms with Crippen molar-refractivity contribution in [3.05, 3.63) is 71.5 Å². The lowest BCUT2D eigenvalue weighted by molar-refractivity contribution is 0.481. The summed E-state index contributed by atoms with van der Waals surface area (Å²) in [5.74, 6) is 0.858. The minimum absolute atomic E-state index is 0.392. The number of hydrogen-bond donors (Lipinski definition) is 3. The number of anilines is 1. The van der Waals surface area contributed by atoms with Gasteiger partial charge in [-0.1, -0.05) is 18.7 Å². The topological polar surface area (TPSA) is 77.0 Å². The molecule has 2 rings (SSSR count). The van der Waals surface area contributed by atoms with Gasteiger partial charge in [-0.3, -0.25) is 4.98 Å². The summed E-state index contributed by atoms with van der Waals surface area (Å²) in [5, 5.41) is 4.06. The quantitative estimate of drug-likeness (QED) is 0.692. The second-order valence-corrected chi connectivity index (χ2v) is 6.99. The van der Waals surface area contributed by atoms with Gasteiger partial charge in [0.2, 0.25) is 0 Å². The smallest absolute Gasteiger partial charge is 0.0581 e. The largest absolute Gasteiger partial charge is 0.394 e. The third-order valence-corrected chi connectivity index (χ3v) is 4.46. The third-order valence-electron chi connectivity index (χ3n) is 3.68. The molecule has 0 saturated heterocycles. The van der Waals surface area contributed by atoms with Crippen LogP contribution in [-0.2, 0) is 12.1 Å². The number of aromatic nitrogens is 1. The maximum atomic E-state index is 6.48. The Kier molecular flexibility index (Phi) is 6.07. The highest BCUT2D eigenvalue weighted by Crippen LogP contribution is 2.26. The SMILES string of the molecule is C=C(N)SCCC(C)(N)c1cccc(NCc2ccncc2)c1. The summed E-state index contributed by atoms with van der Waals surface area (Å²) >= 11 is 1.55. The molecular weight excluding hydrogens is 304 g/mol. The van der Waals surface area contributed by atoms with Gasteiger partial charge in [0.15, 0.2) is 0 Å². The summed E-state index contributed by atoms with van der Waals surface area (Å²) in [6.07, 6.45) is 4.43. The van der Waals surface area contributed by atoms with E-state index >= 15 is 0 Å². The molecule has 1 heterocycles. The summed E-state index contributed by atoms with van der Waals surface area (Å²) < 4.78 is 0. The molecule has 0 aliphatic rings. The van der Waals surface area contributed by atoms with E-state index in [4.69, 9.17) is 11.5 Å². The molecule has 0 spiro atoms. The van der Waals surface area contributed by atoms with Crippen LogP contribution in [-0.4, -0.2) is 10.7 Å². The highest BCUT2D eigenvalue weighted by atomic mass is 32.2. The molecule has 5 N–H and O–H groups in total. The van der Waals surface area contributed by atoms with Crippen LogP contribution in [0.25, 0.3) is 0 Å². The molecule has 1 aromatic heterocycles. The van der Waals surface area contributed by atoms with E-state index in [0.717, 1.165) is 30.0 Å². The van der Waals surface area contributed by atoms with E-state index in [-0.39, 0.29) is 0 Å². The van der Waals surface area contributed by atoms with E-state index in [1.54, 1.807) is 24.2 Å². The van der Waals surface area contributed by atoms with Crippen LogP contribution in [0.15, 0.2) is 60.4 Å². The van der Waals surface area contributed by atoms with Gasteiger partial charge in [-0.2, -0.15) is 0 Å². The Hall–Kier alpha value is -1.98. The van der Waals surface area contributed by atoms with Gasteiger partial charge in [-0.05, 0) is 48.7 Å². The number of thioether (sulfide) groups is 1. The van der Waals surface area contributed by atoms with Crippen molar-refractivity contribution in [3.8, 4) is 0 Å². The lowest BCUT2D eigenvalue weighted by Gasteiger charge is -2.26. The number of nitrogens with two attached hydrogens (primary N) is 2. The summed E-state index contributed by atoms with van der Waals surface area (Å²) in [7, 11) is 0. The normalized spacial score (nSPS) is 13.3. The van der Waals surface area contributed by atoms with E-state index in [9.17, 15) is 0 Å². The lowest BCUT2D eigenvalue weighted by Crippen LogP contribution is -2.33. The van der Waals surface area contributed by atoms with Gasteiger partial charge in [-0.25, -0.2) is 0 Å². The number of benzene rings is 1. The number of rotatable bonds is 8. The van der Waals surface area contributed by atoms with Crippen molar-refractivity contribution in [2.45, 2.75) is 25.4 Å². The predicted molar refractivity (Wildman–Crippen MR) is 99.9 cm³/mol. The molecule has 1 atom stereocenters. The average molecular weight is 328 g/mol. The lowest BCUT2D eigenvalue weighted by atomic mass is 9.90. The zero-order valence-corrected chi connectivity index (χ0v) is 14.3. The van der Waals surface area contributed by atoms with Crippen LogP contribution >= 0.6 is 11.8 Å². The molecule has 23 heavy (non-hydrogen) atoms. The number of hydrogen-bond acceptors (Lipinski definition) is 5. The van der Waals surface area contributed by atoms with E-state index in [0.29, 0.717) is 5.03 Å². The summed E-state index contributed by atoms with van der Waals surface area (Å²) in [6.45, 7) is 6.51. The Labute approximate surface area is 142 Å². The molecule has 0 saturated carbocycles. The maximum Gasteiger partial charge on any atom is 0.0581 e. The van der Waals surface area contributed by atoms with Crippen LogP contribution < -0.4 is 16.8 Å². The fourth-order valence-electron chi connectivity index (χ4n) is 2.23. The van der Waals surface area contributed by atoms with Crippen LogP contribution in [0.4, 0.5) is 5.69 Å². The molecule has 1 unspecified atom stereocenters. The van der Waals surface area contributed by atoms with Gasteiger partial charge >= 0.3 is 0 Å². The van der Waals surface area contributed by atoms with Crippen LogP contribution in [0.3, 0.4) is 0 Å². The summed E-state index contributed by atoms with van der Waals surface area (Å²) in [5.41, 5.74) is 15.0. The molecule has 0 bridgehead atoms. The number of nitrogens with zero attached hydrogens (tertiary/aromatic N) is 1. The molecule has 122 valence electrons. The Balaban J connectivity index is 1.99.